The van der Waals surface area contributed by atoms with E-state index in [4.69, 9.17) is 4.74 Å². The highest BCUT2D eigenvalue weighted by molar-refractivity contribution is 5.72. The van der Waals surface area contributed by atoms with E-state index >= 15 is 0 Å². The molecule has 0 amide bonds. The SMILES string of the molecule is CC(=O)Oc1cc2c(cc1N=NN(C)C)[C@H]1CC[C@]3(C)[C@@H](O)CC[C@H]3[C@@H]1CC2. The number of nitrogens with zero attached hydrogens (tertiary/aromatic N) is 3. The second-order valence-electron chi connectivity index (χ2n) is 9.20. The van der Waals surface area contributed by atoms with Crippen LogP contribution in [0.2, 0.25) is 0 Å². The number of aliphatic hydroxyl groups is 1. The number of hydrogen-bond donors (Lipinski definition) is 1. The van der Waals surface area contributed by atoms with Gasteiger partial charge < -0.3 is 9.84 Å². The maximum atomic E-state index is 11.6. The van der Waals surface area contributed by atoms with Gasteiger partial charge in [-0.05, 0) is 85.0 Å². The number of fused-ring (bicyclic) bond motifs is 5. The van der Waals surface area contributed by atoms with Crippen LogP contribution in [0.4, 0.5) is 5.69 Å². The van der Waals surface area contributed by atoms with Gasteiger partial charge in [-0.2, -0.15) is 0 Å². The summed E-state index contributed by atoms with van der Waals surface area (Å²) >= 11 is 0. The van der Waals surface area contributed by atoms with E-state index in [9.17, 15) is 9.90 Å². The number of esters is 1. The molecule has 152 valence electrons. The molecule has 4 rings (SSSR count). The predicted octanol–water partition coefficient (Wildman–Crippen LogP) is 4.39. The average molecular weight is 386 g/mol. The Balaban J connectivity index is 1.71. The first kappa shape index (κ1) is 19.4. The van der Waals surface area contributed by atoms with Crippen LogP contribution >= 0.6 is 0 Å². The molecule has 1 aromatic rings. The summed E-state index contributed by atoms with van der Waals surface area (Å²) in [4.78, 5) is 11.6. The molecule has 0 bridgehead atoms. The second-order valence-corrected chi connectivity index (χ2v) is 9.20. The van der Waals surface area contributed by atoms with E-state index in [2.05, 4.69) is 23.3 Å². The van der Waals surface area contributed by atoms with Gasteiger partial charge in [0.25, 0.3) is 0 Å². The van der Waals surface area contributed by atoms with Crippen molar-refractivity contribution in [2.45, 2.75) is 64.4 Å². The Morgan fingerprint density at radius 1 is 1.25 bits per heavy atom. The number of benzene rings is 1. The Labute approximate surface area is 166 Å². The fourth-order valence-corrected chi connectivity index (χ4v) is 6.01. The molecule has 0 aromatic heterocycles. The van der Waals surface area contributed by atoms with Crippen molar-refractivity contribution < 1.29 is 14.6 Å². The Morgan fingerprint density at radius 2 is 2.04 bits per heavy atom. The molecule has 5 atom stereocenters. The summed E-state index contributed by atoms with van der Waals surface area (Å²) in [6, 6.07) is 4.08. The molecular formula is C22H31N3O3. The molecule has 2 fully saturated rings. The molecule has 6 nitrogen and oxygen atoms in total. The summed E-state index contributed by atoms with van der Waals surface area (Å²) < 4.78 is 5.43. The van der Waals surface area contributed by atoms with Crippen molar-refractivity contribution in [3.05, 3.63) is 23.3 Å². The van der Waals surface area contributed by atoms with E-state index < -0.39 is 0 Å². The van der Waals surface area contributed by atoms with Crippen molar-refractivity contribution in [3.8, 4) is 5.75 Å². The molecule has 3 aliphatic carbocycles. The van der Waals surface area contributed by atoms with Crippen molar-refractivity contribution in [2.75, 3.05) is 14.1 Å². The molecule has 0 heterocycles. The molecule has 0 saturated heterocycles. The lowest BCUT2D eigenvalue weighted by atomic mass is 9.55. The summed E-state index contributed by atoms with van der Waals surface area (Å²) in [5.41, 5.74) is 3.29. The third-order valence-electron chi connectivity index (χ3n) is 7.34. The molecule has 6 heteroatoms. The summed E-state index contributed by atoms with van der Waals surface area (Å²) in [5.74, 6) is 1.85. The first-order valence-electron chi connectivity index (χ1n) is 10.4. The number of carbonyl (C=O) groups is 1. The quantitative estimate of drug-likeness (QED) is 0.362. The number of carbonyl (C=O) groups excluding carboxylic acids is 1. The van der Waals surface area contributed by atoms with Crippen LogP contribution in [-0.4, -0.2) is 36.3 Å². The monoisotopic (exact) mass is 385 g/mol. The Morgan fingerprint density at radius 3 is 2.75 bits per heavy atom. The van der Waals surface area contributed by atoms with E-state index in [0.717, 1.165) is 38.5 Å². The Bertz CT molecular complexity index is 806. The van der Waals surface area contributed by atoms with Gasteiger partial charge in [-0.25, -0.2) is 0 Å². The molecule has 0 aliphatic heterocycles. The molecule has 0 unspecified atom stereocenters. The van der Waals surface area contributed by atoms with Crippen molar-refractivity contribution in [2.24, 2.45) is 27.6 Å². The highest BCUT2D eigenvalue weighted by atomic mass is 16.5. The van der Waals surface area contributed by atoms with E-state index in [-0.39, 0.29) is 17.5 Å². The maximum absolute atomic E-state index is 11.6. The van der Waals surface area contributed by atoms with Gasteiger partial charge >= 0.3 is 5.97 Å². The predicted molar refractivity (Wildman–Crippen MR) is 107 cm³/mol. The van der Waals surface area contributed by atoms with E-state index in [1.165, 1.54) is 18.1 Å². The highest BCUT2D eigenvalue weighted by Crippen LogP contribution is 2.61. The third kappa shape index (κ3) is 3.21. The Kier molecular flexibility index (Phi) is 4.94. The fourth-order valence-electron chi connectivity index (χ4n) is 6.01. The largest absolute Gasteiger partial charge is 0.424 e. The van der Waals surface area contributed by atoms with Gasteiger partial charge in [-0.15, -0.1) is 5.11 Å². The lowest BCUT2D eigenvalue weighted by Gasteiger charge is -2.50. The number of aliphatic hydroxyl groups excluding tert-OH is 1. The smallest absolute Gasteiger partial charge is 0.308 e. The van der Waals surface area contributed by atoms with Crippen LogP contribution in [-0.2, 0) is 11.2 Å². The molecule has 3 aliphatic rings. The fraction of sp³-hybridized carbons (Fsp3) is 0.682. The molecular weight excluding hydrogens is 354 g/mol. The second kappa shape index (κ2) is 7.14. The highest BCUT2D eigenvalue weighted by Gasteiger charge is 2.54. The summed E-state index contributed by atoms with van der Waals surface area (Å²) in [7, 11) is 3.63. The summed E-state index contributed by atoms with van der Waals surface area (Å²) in [6.45, 7) is 3.71. The Hall–Kier alpha value is -1.95. The summed E-state index contributed by atoms with van der Waals surface area (Å²) in [5, 5.41) is 20.7. The standard InChI is InChI=1S/C22H31N3O3/c1-13(26)28-20-11-14-5-6-16-15(17(14)12-19(20)23-24-25(3)4)9-10-22(2)18(16)7-8-21(22)27/h11-12,15-16,18,21,27H,5-10H2,1-4H3/t15-,16+,18-,21-,22-/m0/s1. The van der Waals surface area contributed by atoms with Crippen molar-refractivity contribution in [1.29, 1.82) is 0 Å². The lowest BCUT2D eigenvalue weighted by Crippen LogP contribution is -2.43. The van der Waals surface area contributed by atoms with Crippen LogP contribution < -0.4 is 4.74 Å². The minimum atomic E-state index is -0.344. The molecule has 0 radical (unpaired) electrons. The van der Waals surface area contributed by atoms with Gasteiger partial charge in [0.2, 0.25) is 0 Å². The van der Waals surface area contributed by atoms with Crippen LogP contribution in [0.5, 0.6) is 5.75 Å². The maximum Gasteiger partial charge on any atom is 0.308 e. The molecule has 1 N–H and O–H groups in total. The zero-order valence-electron chi connectivity index (χ0n) is 17.3. The van der Waals surface area contributed by atoms with Crippen LogP contribution in [0.3, 0.4) is 0 Å². The van der Waals surface area contributed by atoms with Crippen LogP contribution in [0.25, 0.3) is 0 Å². The molecule has 28 heavy (non-hydrogen) atoms. The topological polar surface area (TPSA) is 74.5 Å². The minimum absolute atomic E-state index is 0.0732. The van der Waals surface area contributed by atoms with Gasteiger partial charge in [-0.3, -0.25) is 9.80 Å². The number of rotatable bonds is 3. The van der Waals surface area contributed by atoms with Crippen LogP contribution in [0.1, 0.15) is 63.0 Å². The zero-order valence-corrected chi connectivity index (χ0v) is 17.3. The number of hydrogen-bond acceptors (Lipinski definition) is 5. The van der Waals surface area contributed by atoms with Crippen LogP contribution in [0, 0.1) is 17.3 Å². The summed E-state index contributed by atoms with van der Waals surface area (Å²) in [6.07, 6.45) is 6.20. The lowest BCUT2D eigenvalue weighted by molar-refractivity contribution is -0.131. The van der Waals surface area contributed by atoms with Crippen LogP contribution in [0.15, 0.2) is 22.5 Å². The molecule has 0 spiro atoms. The van der Waals surface area contributed by atoms with E-state index in [0.29, 0.717) is 29.2 Å². The van der Waals surface area contributed by atoms with E-state index in [1.807, 2.05) is 20.2 Å². The molecule has 1 aromatic carbocycles. The molecule has 2 saturated carbocycles. The van der Waals surface area contributed by atoms with Gasteiger partial charge in [0, 0.05) is 21.0 Å². The van der Waals surface area contributed by atoms with Crippen molar-refractivity contribution in [1.82, 2.24) is 5.01 Å². The van der Waals surface area contributed by atoms with Gasteiger partial charge in [-0.1, -0.05) is 12.1 Å². The van der Waals surface area contributed by atoms with Crippen molar-refractivity contribution >= 4 is 11.7 Å². The van der Waals surface area contributed by atoms with Gasteiger partial charge in [0.1, 0.15) is 5.69 Å². The first-order chi connectivity index (χ1) is 13.3. The van der Waals surface area contributed by atoms with Crippen molar-refractivity contribution in [3.63, 3.8) is 0 Å². The average Bonchev–Trinajstić information content (AvgIpc) is 2.94. The third-order valence-corrected chi connectivity index (χ3v) is 7.34. The number of ether oxygens (including phenoxy) is 1. The minimum Gasteiger partial charge on any atom is -0.424 e. The van der Waals surface area contributed by atoms with Gasteiger partial charge in [0.15, 0.2) is 5.75 Å². The first-order valence-corrected chi connectivity index (χ1v) is 10.4. The zero-order chi connectivity index (χ0) is 20.1. The number of aryl methyl sites for hydroxylation is 1. The van der Waals surface area contributed by atoms with Gasteiger partial charge in [0.05, 0.1) is 6.10 Å². The van der Waals surface area contributed by atoms with E-state index in [1.54, 1.807) is 5.01 Å². The normalized spacial score (nSPS) is 33.9.